The Morgan fingerprint density at radius 1 is 1.05 bits per heavy atom. The van der Waals surface area contributed by atoms with Crippen LogP contribution in [0.15, 0.2) is 43.1 Å². The van der Waals surface area contributed by atoms with Crippen LogP contribution in [0.25, 0.3) is 44.6 Å². The Morgan fingerprint density at radius 2 is 1.92 bits per heavy atom. The summed E-state index contributed by atoms with van der Waals surface area (Å²) in [4.78, 5) is 37.0. The van der Waals surface area contributed by atoms with Gasteiger partial charge in [-0.3, -0.25) is 9.78 Å². The molecule has 3 aliphatic carbocycles. The van der Waals surface area contributed by atoms with Gasteiger partial charge in [-0.05, 0) is 43.2 Å². The van der Waals surface area contributed by atoms with E-state index in [2.05, 4.69) is 24.9 Å². The van der Waals surface area contributed by atoms with E-state index in [1.54, 1.807) is 30.7 Å². The van der Waals surface area contributed by atoms with E-state index in [4.69, 9.17) is 21.3 Å². The second-order valence-corrected chi connectivity index (χ2v) is 10.4. The number of ether oxygens (including phenoxy) is 1. The minimum Gasteiger partial charge on any atom is -0.409 e. The van der Waals surface area contributed by atoms with Crippen LogP contribution in [0.2, 0.25) is 5.02 Å². The largest absolute Gasteiger partial charge is 0.409 e. The summed E-state index contributed by atoms with van der Waals surface area (Å²) >= 11 is 6.16. The van der Waals surface area contributed by atoms with E-state index in [1.807, 2.05) is 0 Å². The molecule has 5 aromatic rings. The molecule has 2 N–H and O–H groups in total. The van der Waals surface area contributed by atoms with Gasteiger partial charge in [-0.15, -0.1) is 0 Å². The summed E-state index contributed by atoms with van der Waals surface area (Å²) in [6.45, 7) is 0. The van der Waals surface area contributed by atoms with Gasteiger partial charge < -0.3 is 14.7 Å². The number of hydrogen-bond donors (Lipinski definition) is 2. The Balaban J connectivity index is 1.33. The van der Waals surface area contributed by atoms with Crippen LogP contribution >= 0.6 is 11.6 Å². The van der Waals surface area contributed by atoms with Gasteiger partial charge in [0.15, 0.2) is 5.82 Å². The molecule has 0 unspecified atom stereocenters. The molecule has 8 nitrogen and oxygen atoms in total. The predicted octanol–water partition coefficient (Wildman–Crippen LogP) is 6.09. The van der Waals surface area contributed by atoms with Gasteiger partial charge in [0.25, 0.3) is 0 Å². The summed E-state index contributed by atoms with van der Waals surface area (Å²) in [5, 5.41) is 1.81. The molecule has 0 saturated heterocycles. The molecule has 0 spiro atoms. The van der Waals surface area contributed by atoms with Crippen molar-refractivity contribution in [1.82, 2.24) is 29.9 Å². The SMILES string of the molecule is O=C(Oc1[nH]c2nc(-c3c[nH]c4ncc(Cl)cc34)ncc2c1-c1ccncc1F)[C@@H]1CC2CCC1CC2. The molecular weight excluding hydrogens is 495 g/mol. The number of nitrogens with zero attached hydrogens (tertiary/aromatic N) is 4. The number of halogens is 2. The van der Waals surface area contributed by atoms with Gasteiger partial charge in [0.1, 0.15) is 17.1 Å². The third-order valence-electron chi connectivity index (χ3n) is 7.85. The van der Waals surface area contributed by atoms with Gasteiger partial charge in [-0.1, -0.05) is 24.4 Å². The van der Waals surface area contributed by atoms with Crippen LogP contribution in [-0.4, -0.2) is 35.9 Å². The quantitative estimate of drug-likeness (QED) is 0.280. The number of aromatic amines is 2. The van der Waals surface area contributed by atoms with Gasteiger partial charge in [0, 0.05) is 46.7 Å². The van der Waals surface area contributed by atoms with Crippen molar-refractivity contribution in [2.75, 3.05) is 0 Å². The van der Waals surface area contributed by atoms with Crippen LogP contribution in [0.5, 0.6) is 5.88 Å². The first-order chi connectivity index (χ1) is 18.0. The highest BCUT2D eigenvalue weighted by Crippen LogP contribution is 2.46. The monoisotopic (exact) mass is 516 g/mol. The van der Waals surface area contributed by atoms with Crippen molar-refractivity contribution in [2.45, 2.75) is 32.1 Å². The molecule has 0 radical (unpaired) electrons. The summed E-state index contributed by atoms with van der Waals surface area (Å²) in [5.74, 6) is 0.571. The number of fused-ring (bicyclic) bond motifs is 5. The summed E-state index contributed by atoms with van der Waals surface area (Å²) in [5.41, 5.74) is 2.46. The van der Waals surface area contributed by atoms with Gasteiger partial charge in [-0.2, -0.15) is 0 Å². The van der Waals surface area contributed by atoms with E-state index in [1.165, 1.54) is 19.0 Å². The number of rotatable bonds is 4. The Hall–Kier alpha value is -3.85. The van der Waals surface area contributed by atoms with E-state index in [0.29, 0.717) is 44.9 Å². The Kier molecular flexibility index (Phi) is 5.21. The van der Waals surface area contributed by atoms with Gasteiger partial charge in [0.2, 0.25) is 5.88 Å². The number of pyridine rings is 2. The molecule has 3 aliphatic rings. The molecule has 3 fully saturated rings. The first-order valence-electron chi connectivity index (χ1n) is 12.4. The number of H-pyrrole nitrogens is 2. The lowest BCUT2D eigenvalue weighted by molar-refractivity contribution is -0.144. The molecule has 186 valence electrons. The fourth-order valence-electron chi connectivity index (χ4n) is 6.01. The zero-order valence-corrected chi connectivity index (χ0v) is 20.4. The third-order valence-corrected chi connectivity index (χ3v) is 8.06. The van der Waals surface area contributed by atoms with Crippen molar-refractivity contribution in [3.05, 3.63) is 54.0 Å². The van der Waals surface area contributed by atoms with Crippen LogP contribution in [-0.2, 0) is 4.79 Å². The van der Waals surface area contributed by atoms with Gasteiger partial charge >= 0.3 is 5.97 Å². The highest BCUT2D eigenvalue weighted by atomic mass is 35.5. The molecule has 10 heteroatoms. The number of hydrogen-bond acceptors (Lipinski definition) is 6. The normalized spacial score (nSPS) is 21.1. The van der Waals surface area contributed by atoms with Crippen LogP contribution in [0.1, 0.15) is 32.1 Å². The highest BCUT2D eigenvalue weighted by Gasteiger charge is 2.41. The van der Waals surface area contributed by atoms with Crippen molar-refractivity contribution in [2.24, 2.45) is 17.8 Å². The number of carbonyl (C=O) groups excluding carboxylic acids is 1. The predicted molar refractivity (Wildman–Crippen MR) is 136 cm³/mol. The van der Waals surface area contributed by atoms with Crippen LogP contribution in [0.3, 0.4) is 0 Å². The van der Waals surface area contributed by atoms with Gasteiger partial charge in [-0.25, -0.2) is 19.3 Å². The number of nitrogens with one attached hydrogen (secondary N) is 2. The average molecular weight is 517 g/mol. The zero-order chi connectivity index (χ0) is 25.1. The highest BCUT2D eigenvalue weighted by molar-refractivity contribution is 6.31. The number of esters is 1. The summed E-state index contributed by atoms with van der Waals surface area (Å²) < 4.78 is 20.9. The van der Waals surface area contributed by atoms with Gasteiger partial charge in [0.05, 0.1) is 22.7 Å². The summed E-state index contributed by atoms with van der Waals surface area (Å²) in [6, 6.07) is 3.35. The van der Waals surface area contributed by atoms with Crippen LogP contribution < -0.4 is 4.74 Å². The first-order valence-corrected chi connectivity index (χ1v) is 12.8. The minimum atomic E-state index is -0.529. The molecule has 1 atom stereocenters. The molecule has 2 bridgehead atoms. The summed E-state index contributed by atoms with van der Waals surface area (Å²) in [7, 11) is 0. The van der Waals surface area contributed by atoms with E-state index in [0.717, 1.165) is 36.4 Å². The van der Waals surface area contributed by atoms with E-state index < -0.39 is 5.82 Å². The molecule has 3 saturated carbocycles. The fourth-order valence-corrected chi connectivity index (χ4v) is 6.17. The van der Waals surface area contributed by atoms with Crippen molar-refractivity contribution in [3.8, 4) is 28.4 Å². The smallest absolute Gasteiger partial charge is 0.315 e. The minimum absolute atomic E-state index is 0.140. The molecule has 0 aromatic carbocycles. The lowest BCUT2D eigenvalue weighted by Gasteiger charge is -2.40. The second-order valence-electron chi connectivity index (χ2n) is 9.94. The maximum Gasteiger partial charge on any atom is 0.315 e. The number of carbonyl (C=O) groups is 1. The molecule has 37 heavy (non-hydrogen) atoms. The molecule has 5 heterocycles. The van der Waals surface area contributed by atoms with Crippen molar-refractivity contribution < 1.29 is 13.9 Å². The molecule has 5 aromatic heterocycles. The van der Waals surface area contributed by atoms with E-state index >= 15 is 0 Å². The number of aromatic nitrogens is 6. The third kappa shape index (κ3) is 3.76. The van der Waals surface area contributed by atoms with Crippen molar-refractivity contribution in [3.63, 3.8) is 0 Å². The van der Waals surface area contributed by atoms with E-state index in [9.17, 15) is 9.18 Å². The fraction of sp³-hybridized carbons (Fsp3) is 0.296. The Labute approximate surface area is 215 Å². The standard InChI is InChI=1S/C27H22ClFN6O2/c28-15-8-18-19(10-32-23(18)31-9-15)24-33-11-20-22(16-5-6-30-12-21(16)29)26(35-25(20)34-24)37-27(36)17-7-13-1-3-14(17)4-2-13/h5-6,8-14,17H,1-4,7H2,(H,31,32)(H,33,34,35)/t13?,14?,17-/m1/s1. The van der Waals surface area contributed by atoms with E-state index in [-0.39, 0.29) is 23.3 Å². The molecule has 0 aliphatic heterocycles. The second kappa shape index (κ2) is 8.62. The van der Waals surface area contributed by atoms with Crippen molar-refractivity contribution in [1.29, 1.82) is 0 Å². The lowest BCUT2D eigenvalue weighted by atomic mass is 9.65. The Morgan fingerprint density at radius 3 is 2.70 bits per heavy atom. The Bertz CT molecular complexity index is 1670. The topological polar surface area (TPSA) is 109 Å². The molecule has 0 amide bonds. The van der Waals surface area contributed by atoms with Crippen LogP contribution in [0.4, 0.5) is 4.39 Å². The maximum absolute atomic E-state index is 14.9. The maximum atomic E-state index is 14.9. The first kappa shape index (κ1) is 22.4. The average Bonchev–Trinajstić information content (AvgIpc) is 3.49. The zero-order valence-electron chi connectivity index (χ0n) is 19.7. The lowest BCUT2D eigenvalue weighted by Crippen LogP contribution is -2.38. The van der Waals surface area contributed by atoms with Crippen LogP contribution in [0, 0.1) is 23.6 Å². The molecular formula is C27H22ClFN6O2. The van der Waals surface area contributed by atoms with Crippen molar-refractivity contribution >= 4 is 39.6 Å². The summed E-state index contributed by atoms with van der Waals surface area (Å²) in [6.07, 6.45) is 12.9. The molecule has 8 rings (SSSR count).